The average Bonchev–Trinajstić information content (AvgIpc) is 2.75. The zero-order chi connectivity index (χ0) is 24.6. The molecular formula is C19H31N3O11. The third-order valence-corrected chi connectivity index (χ3v) is 4.19. The molecule has 0 saturated heterocycles. The molecule has 33 heavy (non-hydrogen) atoms. The number of hydrogen-bond acceptors (Lipinski definition) is 14. The van der Waals surface area contributed by atoms with E-state index in [2.05, 4.69) is 9.68 Å². The molecule has 0 aliphatic heterocycles. The molecule has 0 heterocycles. The molecule has 0 saturated carbocycles. The largest absolute Gasteiger partial charge is 0.511 e. The van der Waals surface area contributed by atoms with E-state index < -0.39 is 47.9 Å². The fraction of sp³-hybridized carbons (Fsp3) is 0.579. The highest BCUT2D eigenvalue weighted by Gasteiger charge is 2.21. The molecule has 1 rings (SSSR count). The molecule has 0 aliphatic rings. The number of aryl methyl sites for hydroxylation is 1. The van der Waals surface area contributed by atoms with E-state index in [4.69, 9.17) is 40.8 Å². The van der Waals surface area contributed by atoms with Gasteiger partial charge < -0.3 is 19.9 Å². The monoisotopic (exact) mass is 477 g/mol. The number of benzene rings is 1. The number of nitrogens with two attached hydrogens (primary N) is 1. The van der Waals surface area contributed by atoms with Crippen molar-refractivity contribution >= 4 is 12.1 Å². The van der Waals surface area contributed by atoms with E-state index in [0.717, 1.165) is 5.56 Å². The second kappa shape index (κ2) is 16.2. The molecule has 6 N–H and O–H groups in total. The normalized spacial score (nSPS) is 14.1. The molecule has 3 unspecified atom stereocenters. The first-order valence-electron chi connectivity index (χ1n) is 10.2. The van der Waals surface area contributed by atoms with Crippen molar-refractivity contribution in [3.8, 4) is 0 Å². The lowest BCUT2D eigenvalue weighted by molar-refractivity contribution is -0.527. The molecule has 14 nitrogen and oxygen atoms in total. The summed E-state index contributed by atoms with van der Waals surface area (Å²) in [7, 11) is 0. The zero-order valence-electron chi connectivity index (χ0n) is 18.2. The molecule has 3 atom stereocenters. The lowest BCUT2D eigenvalue weighted by Gasteiger charge is -2.19. The van der Waals surface area contributed by atoms with Gasteiger partial charge in [-0.05, 0) is 37.7 Å². The highest BCUT2D eigenvalue weighted by molar-refractivity contribution is 5.75. The van der Waals surface area contributed by atoms with Gasteiger partial charge in [0.05, 0.1) is 17.4 Å². The molecule has 1 aromatic carbocycles. The van der Waals surface area contributed by atoms with Crippen molar-refractivity contribution < 1.29 is 54.3 Å². The lowest BCUT2D eigenvalue weighted by atomic mass is 10.1. The molecule has 1 aromatic rings. The Morgan fingerprint density at radius 2 is 1.70 bits per heavy atom. The molecular weight excluding hydrogens is 446 g/mol. The Labute approximate surface area is 190 Å². The summed E-state index contributed by atoms with van der Waals surface area (Å²) in [5.41, 5.74) is 6.86. The second-order valence-corrected chi connectivity index (χ2v) is 6.88. The van der Waals surface area contributed by atoms with Crippen molar-refractivity contribution in [3.05, 3.63) is 35.9 Å². The van der Waals surface area contributed by atoms with E-state index >= 15 is 0 Å². The first-order chi connectivity index (χ1) is 15.7. The van der Waals surface area contributed by atoms with Crippen LogP contribution in [0.3, 0.4) is 0 Å². The van der Waals surface area contributed by atoms with Gasteiger partial charge in [0.2, 0.25) is 6.29 Å². The van der Waals surface area contributed by atoms with Crippen LogP contribution in [0.25, 0.3) is 0 Å². The van der Waals surface area contributed by atoms with Crippen molar-refractivity contribution in [2.45, 2.75) is 57.5 Å². The Hall–Kier alpha value is -2.40. The molecule has 188 valence electrons. The van der Waals surface area contributed by atoms with Gasteiger partial charge in [-0.3, -0.25) is 25.6 Å². The minimum atomic E-state index is -1.19. The van der Waals surface area contributed by atoms with E-state index in [1.807, 2.05) is 30.3 Å². The van der Waals surface area contributed by atoms with Crippen molar-refractivity contribution in [1.82, 2.24) is 10.8 Å². The van der Waals surface area contributed by atoms with Gasteiger partial charge in [0.15, 0.2) is 0 Å². The van der Waals surface area contributed by atoms with Crippen LogP contribution in [0.5, 0.6) is 0 Å². The van der Waals surface area contributed by atoms with Crippen LogP contribution in [0.15, 0.2) is 30.3 Å². The molecule has 14 heteroatoms. The predicted octanol–water partition coefficient (Wildman–Crippen LogP) is 1.55. The first kappa shape index (κ1) is 28.6. The summed E-state index contributed by atoms with van der Waals surface area (Å²) < 4.78 is 14.7. The maximum Gasteiger partial charge on any atom is 0.511 e. The van der Waals surface area contributed by atoms with Gasteiger partial charge in [-0.1, -0.05) is 30.3 Å². The van der Waals surface area contributed by atoms with Gasteiger partial charge >= 0.3 is 12.1 Å². The Kier molecular flexibility index (Phi) is 14.1. The molecule has 0 amide bonds. The minimum Gasteiger partial charge on any atom is -0.434 e. The zero-order valence-corrected chi connectivity index (χ0v) is 18.2. The van der Waals surface area contributed by atoms with Crippen molar-refractivity contribution in [2.24, 2.45) is 5.73 Å². The number of esters is 1. The van der Waals surface area contributed by atoms with Gasteiger partial charge in [0.1, 0.15) is 18.8 Å². The van der Waals surface area contributed by atoms with E-state index in [1.165, 1.54) is 6.92 Å². The number of rotatable bonds is 16. The third kappa shape index (κ3) is 14.4. The van der Waals surface area contributed by atoms with Crippen LogP contribution < -0.4 is 5.73 Å². The number of carbonyl (C=O) groups is 2. The summed E-state index contributed by atoms with van der Waals surface area (Å²) in [5.74, 6) is -0.703. The van der Waals surface area contributed by atoms with Crippen LogP contribution in [-0.2, 0) is 35.1 Å². The van der Waals surface area contributed by atoms with Crippen LogP contribution in [0.4, 0.5) is 4.79 Å². The summed E-state index contributed by atoms with van der Waals surface area (Å²) in [6, 6.07) is 8.64. The van der Waals surface area contributed by atoms with Gasteiger partial charge in [-0.25, -0.2) is 14.5 Å². The van der Waals surface area contributed by atoms with Crippen LogP contribution in [-0.4, -0.2) is 75.4 Å². The maximum atomic E-state index is 12.0. The van der Waals surface area contributed by atoms with E-state index in [9.17, 15) is 9.59 Å². The minimum absolute atomic E-state index is 0.0439. The summed E-state index contributed by atoms with van der Waals surface area (Å²) in [6.45, 7) is 0.911. The highest BCUT2D eigenvalue weighted by atomic mass is 17.1. The summed E-state index contributed by atoms with van der Waals surface area (Å²) in [5, 5.41) is 33.3. The van der Waals surface area contributed by atoms with Crippen molar-refractivity contribution in [2.75, 3.05) is 13.2 Å². The van der Waals surface area contributed by atoms with Gasteiger partial charge in [0, 0.05) is 6.92 Å². The number of nitrogens with zero attached hydrogens (tertiary/aromatic N) is 2. The fourth-order valence-electron chi connectivity index (χ4n) is 2.61. The van der Waals surface area contributed by atoms with Crippen molar-refractivity contribution in [1.29, 1.82) is 0 Å². The summed E-state index contributed by atoms with van der Waals surface area (Å²) in [6.07, 6.45) is -1.29. The lowest BCUT2D eigenvalue weighted by Crippen LogP contribution is -2.36. The van der Waals surface area contributed by atoms with Gasteiger partial charge in [-0.2, -0.15) is 0 Å². The molecule has 0 spiro atoms. The number of hydrogen-bond donors (Lipinski definition) is 5. The Morgan fingerprint density at radius 3 is 2.33 bits per heavy atom. The first-order valence-corrected chi connectivity index (χ1v) is 10.2. The van der Waals surface area contributed by atoms with Gasteiger partial charge in [-0.15, -0.1) is 0 Å². The van der Waals surface area contributed by atoms with Crippen LogP contribution in [0.1, 0.15) is 38.2 Å². The fourth-order valence-corrected chi connectivity index (χ4v) is 2.61. The Balaban J connectivity index is 2.20. The van der Waals surface area contributed by atoms with E-state index in [0.29, 0.717) is 25.7 Å². The number of carbonyl (C=O) groups excluding carboxylic acids is 2. The smallest absolute Gasteiger partial charge is 0.434 e. The molecule has 0 aliphatic carbocycles. The van der Waals surface area contributed by atoms with Gasteiger partial charge in [0.25, 0.3) is 0 Å². The quantitative estimate of drug-likeness (QED) is 0.0995. The van der Waals surface area contributed by atoms with Crippen LogP contribution >= 0.6 is 0 Å². The molecule has 0 fully saturated rings. The maximum absolute atomic E-state index is 12.0. The standard InChI is InChI=1S/C19H31N3O11/c1-14(31-18(23)17(20)11-10-15-7-3-2-4-8-15)32-19(24)29-12-6-5-9-16(33-22(27)28)13-30-21(25)26/h2-4,7-8,14,16-17,25-28H,5-6,9-13,20H2,1H3. The van der Waals surface area contributed by atoms with Crippen LogP contribution in [0, 0.1) is 0 Å². The average molecular weight is 477 g/mol. The summed E-state index contributed by atoms with van der Waals surface area (Å²) >= 11 is 0. The molecule has 0 bridgehead atoms. The SMILES string of the molecule is CC(OC(=O)OCCCCC(CON(O)O)ON(O)O)OC(=O)C(N)CCc1ccccc1. The van der Waals surface area contributed by atoms with Crippen LogP contribution in [0.2, 0.25) is 0 Å². The Bertz CT molecular complexity index is 678. The Morgan fingerprint density at radius 1 is 1.00 bits per heavy atom. The van der Waals surface area contributed by atoms with Crippen molar-refractivity contribution in [3.63, 3.8) is 0 Å². The topological polar surface area (TPSA) is 194 Å². The molecule has 0 radical (unpaired) electrons. The van der Waals surface area contributed by atoms with E-state index in [1.54, 1.807) is 0 Å². The summed E-state index contributed by atoms with van der Waals surface area (Å²) in [4.78, 5) is 32.6. The van der Waals surface area contributed by atoms with E-state index in [-0.39, 0.29) is 13.0 Å². The molecule has 0 aromatic heterocycles. The predicted molar refractivity (Wildman–Crippen MR) is 106 cm³/mol. The number of ether oxygens (including phenoxy) is 3. The second-order valence-electron chi connectivity index (χ2n) is 6.88. The highest BCUT2D eigenvalue weighted by Crippen LogP contribution is 2.09. The third-order valence-electron chi connectivity index (χ3n) is 4.19. The number of unbranched alkanes of at least 4 members (excludes halogenated alkanes) is 1.